The number of thioether (sulfide) groups is 1. The number of methoxy groups -OCH3 is 2. The molecular weight excluding hydrogens is 470 g/mol. The van der Waals surface area contributed by atoms with Gasteiger partial charge in [-0.2, -0.15) is 0 Å². The van der Waals surface area contributed by atoms with Gasteiger partial charge in [0, 0.05) is 16.3 Å². The average Bonchev–Trinajstić information content (AvgIpc) is 3.36. The number of ether oxygens (including phenoxy) is 2. The van der Waals surface area contributed by atoms with Crippen LogP contribution in [0.1, 0.15) is 22.0 Å². The summed E-state index contributed by atoms with van der Waals surface area (Å²) < 4.78 is 11.1. The van der Waals surface area contributed by atoms with E-state index in [0.29, 0.717) is 17.2 Å². The summed E-state index contributed by atoms with van der Waals surface area (Å²) in [6.45, 7) is 0.960. The zero-order chi connectivity index (χ0) is 24.1. The number of hydrogen-bond donors (Lipinski definition) is 2. The summed E-state index contributed by atoms with van der Waals surface area (Å²) in [6, 6.07) is 15.6. The van der Waals surface area contributed by atoms with Gasteiger partial charge in [-0.05, 0) is 53.3 Å². The molecule has 0 unspecified atom stereocenters. The topological polar surface area (TPSA) is 93.9 Å². The number of para-hydroxylation sites is 1. The molecule has 0 spiro atoms. The van der Waals surface area contributed by atoms with Crippen LogP contribution in [-0.2, 0) is 16.0 Å². The van der Waals surface area contributed by atoms with Crippen molar-refractivity contribution in [1.82, 2.24) is 4.90 Å². The van der Waals surface area contributed by atoms with Crippen molar-refractivity contribution in [2.75, 3.05) is 38.4 Å². The molecule has 2 aromatic carbocycles. The molecule has 3 aromatic rings. The summed E-state index contributed by atoms with van der Waals surface area (Å²) in [4.78, 5) is 28.5. The molecule has 0 aliphatic carbocycles. The molecule has 1 atom stereocenters. The fourth-order valence-electron chi connectivity index (χ4n) is 4.17. The Morgan fingerprint density at radius 1 is 1.15 bits per heavy atom. The molecule has 9 heteroatoms. The van der Waals surface area contributed by atoms with Crippen molar-refractivity contribution in [1.29, 1.82) is 0 Å². The fraction of sp³-hybridized carbons (Fsp3) is 0.280. The molecule has 0 saturated carbocycles. The second-order valence-corrected chi connectivity index (χ2v) is 9.84. The van der Waals surface area contributed by atoms with Crippen LogP contribution in [0.5, 0.6) is 11.5 Å². The Bertz CT molecular complexity index is 1170. The first kappa shape index (κ1) is 24.1. The van der Waals surface area contributed by atoms with Gasteiger partial charge in [0.25, 0.3) is 0 Å². The fourth-order valence-corrected chi connectivity index (χ4v) is 5.79. The predicted octanol–water partition coefficient (Wildman–Crippen LogP) is 3.93. The van der Waals surface area contributed by atoms with E-state index in [1.54, 1.807) is 25.6 Å². The van der Waals surface area contributed by atoms with Crippen LogP contribution in [0.2, 0.25) is 0 Å². The van der Waals surface area contributed by atoms with E-state index in [0.717, 1.165) is 23.4 Å². The zero-order valence-corrected chi connectivity index (χ0v) is 20.7. The zero-order valence-electron chi connectivity index (χ0n) is 19.1. The van der Waals surface area contributed by atoms with Crippen LogP contribution in [0.3, 0.4) is 0 Å². The minimum Gasteiger partial charge on any atom is -0.493 e. The molecule has 1 aliphatic rings. The van der Waals surface area contributed by atoms with Crippen molar-refractivity contribution in [3.8, 4) is 11.5 Å². The summed E-state index contributed by atoms with van der Waals surface area (Å²) in [7, 11) is 3.27. The van der Waals surface area contributed by atoms with E-state index in [9.17, 15) is 9.59 Å². The van der Waals surface area contributed by atoms with Crippen molar-refractivity contribution in [2.24, 2.45) is 5.73 Å². The number of carbonyl (C=O) groups is 2. The molecule has 3 N–H and O–H groups in total. The lowest BCUT2D eigenvalue weighted by Crippen LogP contribution is -2.41. The van der Waals surface area contributed by atoms with Gasteiger partial charge in [0.1, 0.15) is 0 Å². The number of primary amides is 1. The van der Waals surface area contributed by atoms with E-state index in [1.807, 2.05) is 42.5 Å². The van der Waals surface area contributed by atoms with Gasteiger partial charge in [0.05, 0.1) is 38.2 Å². The van der Waals surface area contributed by atoms with Crippen LogP contribution >= 0.6 is 23.1 Å². The average molecular weight is 498 g/mol. The van der Waals surface area contributed by atoms with Gasteiger partial charge in [-0.3, -0.25) is 14.5 Å². The smallest absolute Gasteiger partial charge is 0.238 e. The Balaban J connectivity index is 1.58. The van der Waals surface area contributed by atoms with Gasteiger partial charge < -0.3 is 20.5 Å². The number of benzene rings is 2. The Labute approximate surface area is 207 Å². The highest BCUT2D eigenvalue weighted by Crippen LogP contribution is 2.42. The van der Waals surface area contributed by atoms with E-state index in [-0.39, 0.29) is 24.2 Å². The van der Waals surface area contributed by atoms with Crippen LogP contribution < -0.4 is 20.5 Å². The summed E-state index contributed by atoms with van der Waals surface area (Å²) >= 11 is 2.98. The van der Waals surface area contributed by atoms with Crippen molar-refractivity contribution >= 4 is 40.6 Å². The van der Waals surface area contributed by atoms with E-state index in [2.05, 4.69) is 21.7 Å². The maximum Gasteiger partial charge on any atom is 0.238 e. The molecule has 178 valence electrons. The number of rotatable bonds is 9. The second kappa shape index (κ2) is 10.9. The van der Waals surface area contributed by atoms with Crippen molar-refractivity contribution in [2.45, 2.75) is 17.4 Å². The third-order valence-electron chi connectivity index (χ3n) is 5.66. The summed E-state index contributed by atoms with van der Waals surface area (Å²) in [5.74, 6) is 1.03. The molecule has 0 fully saturated rings. The predicted molar refractivity (Wildman–Crippen MR) is 136 cm³/mol. The van der Waals surface area contributed by atoms with Crippen LogP contribution in [0.15, 0.2) is 58.8 Å². The highest BCUT2D eigenvalue weighted by molar-refractivity contribution is 8.00. The van der Waals surface area contributed by atoms with E-state index in [1.165, 1.54) is 22.2 Å². The van der Waals surface area contributed by atoms with Crippen molar-refractivity contribution in [3.63, 3.8) is 0 Å². The molecule has 1 aromatic heterocycles. The number of thiophene rings is 1. The third kappa shape index (κ3) is 5.38. The molecule has 0 saturated heterocycles. The lowest BCUT2D eigenvalue weighted by atomic mass is 9.91. The molecular formula is C25H27N3O4S2. The molecule has 2 amide bonds. The standard InChI is InChI=1S/C25H27N3O4S2/c1-31-19-12-16-9-10-28(25(22-8-5-11-33-22)17(16)13-20(19)32-2)14-24(30)27-18-6-3-4-7-21(18)34-15-23(26)29/h3-8,11-13,25H,9-10,14-15H2,1-2H3,(H2,26,29)(H,27,30)/t25-/m0/s1. The number of fused-ring (bicyclic) bond motifs is 1. The molecule has 7 nitrogen and oxygen atoms in total. The first-order valence-electron chi connectivity index (χ1n) is 10.8. The van der Waals surface area contributed by atoms with Crippen LogP contribution in [0.25, 0.3) is 0 Å². The quantitative estimate of drug-likeness (QED) is 0.435. The number of hydrogen-bond acceptors (Lipinski definition) is 7. The van der Waals surface area contributed by atoms with Gasteiger partial charge >= 0.3 is 0 Å². The van der Waals surface area contributed by atoms with Gasteiger partial charge in [-0.15, -0.1) is 23.1 Å². The lowest BCUT2D eigenvalue weighted by molar-refractivity contribution is -0.118. The molecule has 2 heterocycles. The van der Waals surface area contributed by atoms with Crippen LogP contribution in [-0.4, -0.2) is 49.8 Å². The number of nitrogens with one attached hydrogen (secondary N) is 1. The molecule has 4 rings (SSSR count). The third-order valence-corrected chi connectivity index (χ3v) is 7.68. The van der Waals surface area contributed by atoms with E-state index in [4.69, 9.17) is 15.2 Å². The van der Waals surface area contributed by atoms with Gasteiger partial charge in [-0.25, -0.2) is 0 Å². The number of anilines is 1. The monoisotopic (exact) mass is 497 g/mol. The molecule has 0 radical (unpaired) electrons. The number of nitrogens with zero attached hydrogens (tertiary/aromatic N) is 1. The maximum absolute atomic E-state index is 13.1. The van der Waals surface area contributed by atoms with Crippen LogP contribution in [0.4, 0.5) is 5.69 Å². The lowest BCUT2D eigenvalue weighted by Gasteiger charge is -2.37. The number of carbonyl (C=O) groups excluding carboxylic acids is 2. The molecule has 1 aliphatic heterocycles. The van der Waals surface area contributed by atoms with E-state index < -0.39 is 5.91 Å². The highest BCUT2D eigenvalue weighted by atomic mass is 32.2. The Morgan fingerprint density at radius 2 is 1.91 bits per heavy atom. The first-order chi connectivity index (χ1) is 16.5. The SMILES string of the molecule is COc1cc2c(cc1OC)[C@@H](c1cccs1)N(CC(=O)Nc1ccccc1SCC(N)=O)CC2. The van der Waals surface area contributed by atoms with Gasteiger partial charge in [-0.1, -0.05) is 18.2 Å². The normalized spacial score (nSPS) is 15.4. The van der Waals surface area contributed by atoms with Crippen molar-refractivity contribution < 1.29 is 19.1 Å². The Hall–Kier alpha value is -3.01. The Morgan fingerprint density at radius 3 is 2.62 bits per heavy atom. The van der Waals surface area contributed by atoms with Gasteiger partial charge in [0.2, 0.25) is 11.8 Å². The first-order valence-corrected chi connectivity index (χ1v) is 12.7. The minimum atomic E-state index is -0.399. The summed E-state index contributed by atoms with van der Waals surface area (Å²) in [6.07, 6.45) is 0.801. The van der Waals surface area contributed by atoms with Crippen molar-refractivity contribution in [3.05, 3.63) is 69.9 Å². The van der Waals surface area contributed by atoms with E-state index >= 15 is 0 Å². The number of amides is 2. The van der Waals surface area contributed by atoms with Gasteiger partial charge in [0.15, 0.2) is 11.5 Å². The molecule has 0 bridgehead atoms. The van der Waals surface area contributed by atoms with Crippen LogP contribution in [0, 0.1) is 0 Å². The number of nitrogens with two attached hydrogens (primary N) is 1. The molecule has 34 heavy (non-hydrogen) atoms. The largest absolute Gasteiger partial charge is 0.493 e. The summed E-state index contributed by atoms with van der Waals surface area (Å²) in [5, 5.41) is 5.07. The highest BCUT2D eigenvalue weighted by Gasteiger charge is 2.32. The second-order valence-electron chi connectivity index (χ2n) is 7.84. The Kier molecular flexibility index (Phi) is 7.77. The maximum atomic E-state index is 13.1. The summed E-state index contributed by atoms with van der Waals surface area (Å²) in [5.41, 5.74) is 8.28. The minimum absolute atomic E-state index is 0.0613.